The van der Waals surface area contributed by atoms with Gasteiger partial charge in [-0.15, -0.1) is 11.8 Å². The third kappa shape index (κ3) is 6.62. The Morgan fingerprint density at radius 3 is 2.27 bits per heavy atom. The fourth-order valence-electron chi connectivity index (χ4n) is 4.00. The third-order valence-electron chi connectivity index (χ3n) is 5.91. The molecule has 0 radical (unpaired) electrons. The Kier molecular flexibility index (Phi) is 9.78. The molecule has 4 rings (SSSR count). The normalized spacial score (nSPS) is 10.5. The van der Waals surface area contributed by atoms with Gasteiger partial charge < -0.3 is 19.5 Å². The zero-order valence-electron chi connectivity index (χ0n) is 22.0. The minimum absolute atomic E-state index is 0.162. The number of halogens is 2. The Hall–Kier alpha value is -3.90. The molecular formula is C30H25Cl2N3O4S. The number of nitriles is 1. The number of methoxy groups -OCH3 is 3. The largest absolute Gasteiger partial charge is 0.493 e. The molecule has 204 valence electrons. The van der Waals surface area contributed by atoms with Crippen LogP contribution in [0.3, 0.4) is 0 Å². The number of anilines is 1. The van der Waals surface area contributed by atoms with Gasteiger partial charge in [-0.1, -0.05) is 53.5 Å². The van der Waals surface area contributed by atoms with Crippen molar-refractivity contribution in [3.63, 3.8) is 0 Å². The highest BCUT2D eigenvalue weighted by atomic mass is 35.5. The maximum Gasteiger partial charge on any atom is 0.225 e. The summed E-state index contributed by atoms with van der Waals surface area (Å²) in [7, 11) is 4.61. The lowest BCUT2D eigenvalue weighted by atomic mass is 9.98. The van der Waals surface area contributed by atoms with Gasteiger partial charge in [0.05, 0.1) is 43.3 Å². The van der Waals surface area contributed by atoms with Crippen LogP contribution in [0.4, 0.5) is 5.69 Å². The average molecular weight is 595 g/mol. The minimum Gasteiger partial charge on any atom is -0.493 e. The Balaban J connectivity index is 1.70. The lowest BCUT2D eigenvalue weighted by Crippen LogP contribution is -2.12. The van der Waals surface area contributed by atoms with Crippen LogP contribution in [0.1, 0.15) is 12.0 Å². The number of hydrogen-bond acceptors (Lipinski definition) is 7. The molecule has 0 atom stereocenters. The zero-order valence-corrected chi connectivity index (χ0v) is 24.3. The van der Waals surface area contributed by atoms with Crippen LogP contribution >= 0.6 is 35.0 Å². The van der Waals surface area contributed by atoms with Crippen LogP contribution in [0, 0.1) is 11.3 Å². The first-order chi connectivity index (χ1) is 19.4. The predicted octanol–water partition coefficient (Wildman–Crippen LogP) is 7.74. The first-order valence-electron chi connectivity index (χ1n) is 12.1. The summed E-state index contributed by atoms with van der Waals surface area (Å²) in [6, 6.07) is 22.3. The van der Waals surface area contributed by atoms with E-state index >= 15 is 0 Å². The topological polar surface area (TPSA) is 93.5 Å². The van der Waals surface area contributed by atoms with Gasteiger partial charge in [0.1, 0.15) is 11.1 Å². The number of amides is 1. The van der Waals surface area contributed by atoms with Crippen LogP contribution in [0.15, 0.2) is 71.8 Å². The second-order valence-corrected chi connectivity index (χ2v) is 10.3. The van der Waals surface area contributed by atoms with Gasteiger partial charge in [-0.05, 0) is 42.0 Å². The Labute approximate surface area is 247 Å². The van der Waals surface area contributed by atoms with Gasteiger partial charge in [0, 0.05) is 28.3 Å². The van der Waals surface area contributed by atoms with Crippen molar-refractivity contribution in [2.24, 2.45) is 0 Å². The van der Waals surface area contributed by atoms with Crippen molar-refractivity contribution in [3.05, 3.63) is 82.3 Å². The van der Waals surface area contributed by atoms with E-state index in [0.29, 0.717) is 66.1 Å². The van der Waals surface area contributed by atoms with Crippen LogP contribution in [0.25, 0.3) is 22.4 Å². The number of thioether (sulfide) groups is 1. The van der Waals surface area contributed by atoms with E-state index in [9.17, 15) is 10.1 Å². The summed E-state index contributed by atoms with van der Waals surface area (Å²) in [6.45, 7) is 0. The lowest BCUT2D eigenvalue weighted by molar-refractivity contribution is -0.115. The Morgan fingerprint density at radius 1 is 0.950 bits per heavy atom. The fraction of sp³-hybridized carbons (Fsp3) is 0.167. The van der Waals surface area contributed by atoms with Gasteiger partial charge in [-0.3, -0.25) is 4.79 Å². The zero-order chi connectivity index (χ0) is 28.6. The average Bonchev–Trinajstić information content (AvgIpc) is 2.98. The number of carbonyl (C=O) groups is 1. The predicted molar refractivity (Wildman–Crippen MR) is 160 cm³/mol. The van der Waals surface area contributed by atoms with Crippen LogP contribution in [0.5, 0.6) is 17.2 Å². The molecule has 3 aromatic carbocycles. The van der Waals surface area contributed by atoms with E-state index in [4.69, 9.17) is 42.4 Å². The molecule has 0 aliphatic heterocycles. The van der Waals surface area contributed by atoms with Gasteiger partial charge in [0.25, 0.3) is 0 Å². The molecule has 40 heavy (non-hydrogen) atoms. The number of aromatic nitrogens is 1. The van der Waals surface area contributed by atoms with E-state index in [-0.39, 0.29) is 12.3 Å². The molecule has 0 spiro atoms. The molecule has 10 heteroatoms. The summed E-state index contributed by atoms with van der Waals surface area (Å²) in [4.78, 5) is 17.5. The molecule has 0 aliphatic carbocycles. The third-order valence-corrected chi connectivity index (χ3v) is 7.46. The second kappa shape index (κ2) is 13.4. The molecule has 4 aromatic rings. The van der Waals surface area contributed by atoms with Crippen LogP contribution in [0.2, 0.25) is 10.0 Å². The molecule has 0 fully saturated rings. The Morgan fingerprint density at radius 2 is 1.65 bits per heavy atom. The second-order valence-electron chi connectivity index (χ2n) is 8.40. The number of ether oxygens (including phenoxy) is 3. The summed E-state index contributed by atoms with van der Waals surface area (Å²) >= 11 is 13.5. The molecule has 0 unspecified atom stereocenters. The highest BCUT2D eigenvalue weighted by Gasteiger charge is 2.20. The summed E-state index contributed by atoms with van der Waals surface area (Å²) in [6.07, 6.45) is 0.162. The van der Waals surface area contributed by atoms with Gasteiger partial charge >= 0.3 is 0 Å². The highest BCUT2D eigenvalue weighted by molar-refractivity contribution is 7.99. The smallest absolute Gasteiger partial charge is 0.225 e. The Bertz CT molecular complexity index is 1550. The van der Waals surface area contributed by atoms with Crippen molar-refractivity contribution >= 4 is 46.6 Å². The minimum atomic E-state index is -0.237. The maximum atomic E-state index is 12.6. The molecular weight excluding hydrogens is 569 g/mol. The number of nitrogens with one attached hydrogen (secondary N) is 1. The molecule has 0 aliphatic rings. The SMILES string of the molecule is COc1cc(-c2cc(-c3ccccc3)nc(SCCC(=O)Nc3cc(Cl)ccc3Cl)c2C#N)cc(OC)c1OC. The lowest BCUT2D eigenvalue weighted by Gasteiger charge is -2.16. The standard InChI is InChI=1S/C30H25Cl2N3O4S/c1-37-26-13-19(14-27(38-2)29(26)39-3)21-16-24(18-7-5-4-6-8-18)35-30(22(21)17-33)40-12-11-28(36)34-25-15-20(31)9-10-23(25)32/h4-10,13-16H,11-12H2,1-3H3,(H,34,36). The monoisotopic (exact) mass is 593 g/mol. The van der Waals surface area contributed by atoms with Crippen LogP contribution in [-0.4, -0.2) is 38.0 Å². The number of rotatable bonds is 10. The van der Waals surface area contributed by atoms with Crippen LogP contribution in [-0.2, 0) is 4.79 Å². The summed E-state index contributed by atoms with van der Waals surface area (Å²) in [5.41, 5.74) is 3.72. The maximum absolute atomic E-state index is 12.6. The van der Waals surface area contributed by atoms with E-state index in [1.165, 1.54) is 33.1 Å². The molecule has 0 saturated heterocycles. The van der Waals surface area contributed by atoms with Gasteiger partial charge in [-0.25, -0.2) is 4.98 Å². The number of pyridine rings is 1. The van der Waals surface area contributed by atoms with Gasteiger partial charge in [0.15, 0.2) is 11.5 Å². The van der Waals surface area contributed by atoms with Gasteiger partial charge in [0.2, 0.25) is 11.7 Å². The first kappa shape index (κ1) is 29.1. The summed E-state index contributed by atoms with van der Waals surface area (Å²) < 4.78 is 16.6. The van der Waals surface area contributed by atoms with E-state index in [0.717, 1.165) is 5.56 Å². The van der Waals surface area contributed by atoms with Crippen molar-refractivity contribution in [3.8, 4) is 45.7 Å². The van der Waals surface area contributed by atoms with E-state index in [2.05, 4.69) is 11.4 Å². The molecule has 1 heterocycles. The number of hydrogen-bond donors (Lipinski definition) is 1. The van der Waals surface area contributed by atoms with E-state index in [1.807, 2.05) is 36.4 Å². The van der Waals surface area contributed by atoms with E-state index < -0.39 is 0 Å². The fourth-order valence-corrected chi connectivity index (χ4v) is 5.28. The molecule has 7 nitrogen and oxygen atoms in total. The van der Waals surface area contributed by atoms with E-state index in [1.54, 1.807) is 30.3 Å². The molecule has 1 aromatic heterocycles. The molecule has 1 amide bonds. The first-order valence-corrected chi connectivity index (χ1v) is 13.8. The molecule has 0 bridgehead atoms. The number of nitrogens with zero attached hydrogens (tertiary/aromatic N) is 2. The van der Waals surface area contributed by atoms with Crippen molar-refractivity contribution < 1.29 is 19.0 Å². The molecule has 1 N–H and O–H groups in total. The summed E-state index contributed by atoms with van der Waals surface area (Å²) in [5.74, 6) is 1.51. The molecule has 0 saturated carbocycles. The number of benzene rings is 3. The highest BCUT2D eigenvalue weighted by Crippen LogP contribution is 2.43. The summed E-state index contributed by atoms with van der Waals surface area (Å²) in [5, 5.41) is 14.4. The van der Waals surface area contributed by atoms with Crippen molar-refractivity contribution in [2.75, 3.05) is 32.4 Å². The van der Waals surface area contributed by atoms with Crippen molar-refractivity contribution in [1.29, 1.82) is 5.26 Å². The van der Waals surface area contributed by atoms with Crippen LogP contribution < -0.4 is 19.5 Å². The van der Waals surface area contributed by atoms with Crippen molar-refractivity contribution in [2.45, 2.75) is 11.4 Å². The quantitative estimate of drug-likeness (QED) is 0.188. The van der Waals surface area contributed by atoms with Crippen molar-refractivity contribution in [1.82, 2.24) is 4.98 Å². The number of carbonyl (C=O) groups excluding carboxylic acids is 1. The van der Waals surface area contributed by atoms with Gasteiger partial charge in [-0.2, -0.15) is 5.26 Å².